The number of H-pyrrole nitrogens is 1. The van der Waals surface area contributed by atoms with E-state index in [1.807, 2.05) is 35.2 Å². The van der Waals surface area contributed by atoms with Gasteiger partial charge in [-0.1, -0.05) is 25.1 Å². The lowest BCUT2D eigenvalue weighted by molar-refractivity contribution is 0.0701. The SMILES string of the molecule is CCCN(C(=O)c1cc2ccccc2[nH]1)C(C)C. The van der Waals surface area contributed by atoms with Gasteiger partial charge in [0.05, 0.1) is 0 Å². The van der Waals surface area contributed by atoms with Crippen molar-refractivity contribution < 1.29 is 4.79 Å². The van der Waals surface area contributed by atoms with E-state index >= 15 is 0 Å². The van der Waals surface area contributed by atoms with Crippen LogP contribution in [0.1, 0.15) is 37.7 Å². The Morgan fingerprint density at radius 3 is 2.67 bits per heavy atom. The van der Waals surface area contributed by atoms with Gasteiger partial charge in [0.15, 0.2) is 0 Å². The predicted molar refractivity (Wildman–Crippen MR) is 74.8 cm³/mol. The molecule has 96 valence electrons. The summed E-state index contributed by atoms with van der Waals surface area (Å²) in [5.74, 6) is 0.0862. The molecule has 0 unspecified atom stereocenters. The van der Waals surface area contributed by atoms with Gasteiger partial charge in [0.2, 0.25) is 0 Å². The number of hydrogen-bond donors (Lipinski definition) is 1. The van der Waals surface area contributed by atoms with E-state index in [1.165, 1.54) is 0 Å². The summed E-state index contributed by atoms with van der Waals surface area (Å²) in [7, 11) is 0. The molecule has 0 aliphatic heterocycles. The summed E-state index contributed by atoms with van der Waals surface area (Å²) >= 11 is 0. The third kappa shape index (κ3) is 2.40. The van der Waals surface area contributed by atoms with Gasteiger partial charge in [0.1, 0.15) is 5.69 Å². The molecular formula is C15H20N2O. The third-order valence-corrected chi connectivity index (χ3v) is 3.11. The number of fused-ring (bicyclic) bond motifs is 1. The summed E-state index contributed by atoms with van der Waals surface area (Å²) < 4.78 is 0. The van der Waals surface area contributed by atoms with Crippen molar-refractivity contribution in [1.82, 2.24) is 9.88 Å². The maximum atomic E-state index is 12.4. The first-order chi connectivity index (χ1) is 8.63. The molecule has 1 aromatic carbocycles. The molecule has 3 heteroatoms. The van der Waals surface area contributed by atoms with E-state index in [1.54, 1.807) is 0 Å². The number of nitrogens with zero attached hydrogens (tertiary/aromatic N) is 1. The van der Waals surface area contributed by atoms with Crippen molar-refractivity contribution in [1.29, 1.82) is 0 Å². The number of rotatable bonds is 4. The smallest absolute Gasteiger partial charge is 0.270 e. The molecular weight excluding hydrogens is 224 g/mol. The highest BCUT2D eigenvalue weighted by molar-refractivity contribution is 5.98. The minimum Gasteiger partial charge on any atom is -0.351 e. The van der Waals surface area contributed by atoms with E-state index in [2.05, 4.69) is 25.8 Å². The maximum absolute atomic E-state index is 12.4. The average molecular weight is 244 g/mol. The maximum Gasteiger partial charge on any atom is 0.270 e. The van der Waals surface area contributed by atoms with Gasteiger partial charge in [-0.2, -0.15) is 0 Å². The Morgan fingerprint density at radius 1 is 1.33 bits per heavy atom. The number of hydrogen-bond acceptors (Lipinski definition) is 1. The Balaban J connectivity index is 2.31. The van der Waals surface area contributed by atoms with Gasteiger partial charge in [-0.25, -0.2) is 0 Å². The van der Waals surface area contributed by atoms with Gasteiger partial charge >= 0.3 is 0 Å². The largest absolute Gasteiger partial charge is 0.351 e. The minimum atomic E-state index is 0.0862. The summed E-state index contributed by atoms with van der Waals surface area (Å²) in [5, 5.41) is 1.08. The number of carbonyl (C=O) groups is 1. The Kier molecular flexibility index (Phi) is 3.70. The summed E-state index contributed by atoms with van der Waals surface area (Å²) in [6.45, 7) is 6.99. The molecule has 1 heterocycles. The summed E-state index contributed by atoms with van der Waals surface area (Å²) in [5.41, 5.74) is 1.69. The van der Waals surface area contributed by atoms with Crippen molar-refractivity contribution >= 4 is 16.8 Å². The first-order valence-electron chi connectivity index (χ1n) is 6.52. The van der Waals surface area contributed by atoms with Crippen LogP contribution in [0.5, 0.6) is 0 Å². The molecule has 1 N–H and O–H groups in total. The average Bonchev–Trinajstić information content (AvgIpc) is 2.78. The summed E-state index contributed by atoms with van der Waals surface area (Å²) in [6, 6.07) is 10.1. The normalized spacial score (nSPS) is 11.1. The van der Waals surface area contributed by atoms with Crippen molar-refractivity contribution in [2.45, 2.75) is 33.2 Å². The molecule has 0 bridgehead atoms. The second kappa shape index (κ2) is 5.25. The quantitative estimate of drug-likeness (QED) is 0.878. The molecule has 0 aliphatic rings. The molecule has 3 nitrogen and oxygen atoms in total. The van der Waals surface area contributed by atoms with E-state index in [-0.39, 0.29) is 11.9 Å². The minimum absolute atomic E-state index is 0.0862. The van der Waals surface area contributed by atoms with Gasteiger partial charge in [-0.05, 0) is 32.4 Å². The fourth-order valence-corrected chi connectivity index (χ4v) is 2.18. The Hall–Kier alpha value is -1.77. The van der Waals surface area contributed by atoms with Crippen LogP contribution in [0.4, 0.5) is 0 Å². The van der Waals surface area contributed by atoms with E-state index in [4.69, 9.17) is 0 Å². The number of benzene rings is 1. The van der Waals surface area contributed by atoms with Crippen molar-refractivity contribution in [2.24, 2.45) is 0 Å². The van der Waals surface area contributed by atoms with Gasteiger partial charge in [0, 0.05) is 23.5 Å². The standard InChI is InChI=1S/C15H20N2O/c1-4-9-17(11(2)3)15(18)14-10-12-7-5-6-8-13(12)16-14/h5-8,10-11,16H,4,9H2,1-3H3. The molecule has 0 radical (unpaired) electrons. The Morgan fingerprint density at radius 2 is 2.06 bits per heavy atom. The number of aromatic amines is 1. The van der Waals surface area contributed by atoms with Crippen LogP contribution in [0.3, 0.4) is 0 Å². The zero-order valence-electron chi connectivity index (χ0n) is 11.2. The topological polar surface area (TPSA) is 36.1 Å². The fraction of sp³-hybridized carbons (Fsp3) is 0.400. The van der Waals surface area contributed by atoms with Crippen LogP contribution >= 0.6 is 0 Å². The number of carbonyl (C=O) groups excluding carboxylic acids is 1. The number of para-hydroxylation sites is 1. The van der Waals surface area contributed by atoms with Crippen molar-refractivity contribution in [3.63, 3.8) is 0 Å². The van der Waals surface area contributed by atoms with Crippen LogP contribution in [-0.4, -0.2) is 28.4 Å². The van der Waals surface area contributed by atoms with Gasteiger partial charge in [-0.3, -0.25) is 4.79 Å². The molecule has 2 aromatic rings. The lowest BCUT2D eigenvalue weighted by Crippen LogP contribution is -2.37. The van der Waals surface area contributed by atoms with Crippen LogP contribution in [0.15, 0.2) is 30.3 Å². The second-order valence-electron chi connectivity index (χ2n) is 4.86. The third-order valence-electron chi connectivity index (χ3n) is 3.11. The summed E-state index contributed by atoms with van der Waals surface area (Å²) in [4.78, 5) is 17.5. The molecule has 0 aliphatic carbocycles. The Bertz CT molecular complexity index is 509. The van der Waals surface area contributed by atoms with Crippen molar-refractivity contribution in [3.8, 4) is 0 Å². The van der Waals surface area contributed by atoms with Crippen molar-refractivity contribution in [3.05, 3.63) is 36.0 Å². The fourth-order valence-electron chi connectivity index (χ4n) is 2.18. The monoisotopic (exact) mass is 244 g/mol. The zero-order valence-corrected chi connectivity index (χ0v) is 11.2. The number of amides is 1. The molecule has 0 saturated carbocycles. The molecule has 1 aromatic heterocycles. The first kappa shape index (κ1) is 12.7. The van der Waals surface area contributed by atoms with Gasteiger partial charge in [-0.15, -0.1) is 0 Å². The molecule has 18 heavy (non-hydrogen) atoms. The van der Waals surface area contributed by atoms with Gasteiger partial charge in [0.25, 0.3) is 5.91 Å². The van der Waals surface area contributed by atoms with Crippen LogP contribution in [0, 0.1) is 0 Å². The predicted octanol–water partition coefficient (Wildman–Crippen LogP) is 3.43. The molecule has 0 spiro atoms. The highest BCUT2D eigenvalue weighted by Crippen LogP contribution is 2.17. The second-order valence-corrected chi connectivity index (χ2v) is 4.86. The zero-order chi connectivity index (χ0) is 13.1. The molecule has 2 rings (SSSR count). The highest BCUT2D eigenvalue weighted by atomic mass is 16.2. The molecule has 0 saturated heterocycles. The van der Waals surface area contributed by atoms with E-state index in [0.717, 1.165) is 23.9 Å². The lowest BCUT2D eigenvalue weighted by Gasteiger charge is -2.25. The number of nitrogens with one attached hydrogen (secondary N) is 1. The van der Waals surface area contributed by atoms with E-state index < -0.39 is 0 Å². The van der Waals surface area contributed by atoms with Crippen LogP contribution < -0.4 is 0 Å². The van der Waals surface area contributed by atoms with E-state index in [0.29, 0.717) is 5.69 Å². The van der Waals surface area contributed by atoms with Crippen LogP contribution in [0.2, 0.25) is 0 Å². The molecule has 0 fully saturated rings. The summed E-state index contributed by atoms with van der Waals surface area (Å²) in [6.07, 6.45) is 0.976. The molecule has 0 atom stereocenters. The van der Waals surface area contributed by atoms with Crippen LogP contribution in [0.25, 0.3) is 10.9 Å². The molecule has 1 amide bonds. The Labute approximate surface area is 108 Å². The van der Waals surface area contributed by atoms with E-state index in [9.17, 15) is 4.79 Å². The number of aromatic nitrogens is 1. The van der Waals surface area contributed by atoms with Gasteiger partial charge < -0.3 is 9.88 Å². The first-order valence-corrected chi connectivity index (χ1v) is 6.52. The highest BCUT2D eigenvalue weighted by Gasteiger charge is 2.19. The lowest BCUT2D eigenvalue weighted by atomic mass is 10.2. The van der Waals surface area contributed by atoms with Crippen molar-refractivity contribution in [2.75, 3.05) is 6.54 Å². The van der Waals surface area contributed by atoms with Crippen LogP contribution in [-0.2, 0) is 0 Å².